The lowest BCUT2D eigenvalue weighted by atomic mass is 10.1. The summed E-state index contributed by atoms with van der Waals surface area (Å²) >= 11 is 6.12. The molecule has 0 atom stereocenters. The molecular formula is C14H14ClN3O2. The van der Waals surface area contributed by atoms with Crippen LogP contribution in [0.1, 0.15) is 19.4 Å². The molecule has 6 heteroatoms. The SMILES string of the molecule is CONc1cnc(Cl)c2cc(OC(C)C)c(C#N)cc12. The largest absolute Gasteiger partial charge is 0.490 e. The molecule has 5 nitrogen and oxygen atoms in total. The van der Waals surface area contributed by atoms with E-state index in [0.29, 0.717) is 27.5 Å². The molecule has 1 aromatic carbocycles. The summed E-state index contributed by atoms with van der Waals surface area (Å²) in [6.45, 7) is 3.79. The Balaban J connectivity index is 2.69. The van der Waals surface area contributed by atoms with Crippen molar-refractivity contribution >= 4 is 28.1 Å². The van der Waals surface area contributed by atoms with Gasteiger partial charge in [0, 0.05) is 10.8 Å². The van der Waals surface area contributed by atoms with Crippen molar-refractivity contribution < 1.29 is 9.57 Å². The van der Waals surface area contributed by atoms with E-state index in [2.05, 4.69) is 16.5 Å². The number of rotatable bonds is 4. The maximum Gasteiger partial charge on any atom is 0.138 e. The van der Waals surface area contributed by atoms with E-state index in [9.17, 15) is 5.26 Å². The van der Waals surface area contributed by atoms with Gasteiger partial charge >= 0.3 is 0 Å². The van der Waals surface area contributed by atoms with Gasteiger partial charge in [0.2, 0.25) is 0 Å². The Hall–Kier alpha value is -2.03. The Kier molecular flexibility index (Phi) is 4.28. The summed E-state index contributed by atoms with van der Waals surface area (Å²) in [5.41, 5.74) is 3.79. The van der Waals surface area contributed by atoms with Gasteiger partial charge in [0.1, 0.15) is 17.0 Å². The van der Waals surface area contributed by atoms with Crippen molar-refractivity contribution in [2.45, 2.75) is 20.0 Å². The van der Waals surface area contributed by atoms with Crippen LogP contribution in [0.25, 0.3) is 10.8 Å². The molecule has 0 aliphatic rings. The number of halogens is 1. The van der Waals surface area contributed by atoms with Crippen LogP contribution in [0.15, 0.2) is 18.3 Å². The van der Waals surface area contributed by atoms with Gasteiger partial charge in [0.25, 0.3) is 0 Å². The molecule has 2 rings (SSSR count). The minimum absolute atomic E-state index is 0.0356. The second-order valence-electron chi connectivity index (χ2n) is 4.44. The molecule has 1 heterocycles. The number of nitrogens with one attached hydrogen (secondary N) is 1. The highest BCUT2D eigenvalue weighted by atomic mass is 35.5. The first-order chi connectivity index (χ1) is 9.56. The molecule has 0 saturated carbocycles. The first-order valence-corrected chi connectivity index (χ1v) is 6.42. The van der Waals surface area contributed by atoms with Crippen molar-refractivity contribution in [3.8, 4) is 11.8 Å². The van der Waals surface area contributed by atoms with Crippen molar-refractivity contribution in [3.63, 3.8) is 0 Å². The summed E-state index contributed by atoms with van der Waals surface area (Å²) in [5, 5.41) is 11.0. The van der Waals surface area contributed by atoms with Crippen LogP contribution >= 0.6 is 11.6 Å². The zero-order valence-corrected chi connectivity index (χ0v) is 12.2. The lowest BCUT2D eigenvalue weighted by molar-refractivity contribution is 0.242. The molecule has 104 valence electrons. The van der Waals surface area contributed by atoms with E-state index in [1.54, 1.807) is 18.3 Å². The van der Waals surface area contributed by atoms with Crippen molar-refractivity contribution in [2.75, 3.05) is 12.6 Å². The van der Waals surface area contributed by atoms with Gasteiger partial charge < -0.3 is 4.74 Å². The summed E-state index contributed by atoms with van der Waals surface area (Å²) in [5.74, 6) is 0.494. The maximum atomic E-state index is 9.25. The second kappa shape index (κ2) is 5.95. The lowest BCUT2D eigenvalue weighted by Crippen LogP contribution is -2.07. The Labute approximate surface area is 122 Å². The average Bonchev–Trinajstić information content (AvgIpc) is 2.41. The third-order valence-electron chi connectivity index (χ3n) is 2.63. The first-order valence-electron chi connectivity index (χ1n) is 6.04. The molecule has 0 radical (unpaired) electrons. The zero-order valence-electron chi connectivity index (χ0n) is 11.4. The number of hydrogen-bond donors (Lipinski definition) is 1. The molecule has 0 aliphatic carbocycles. The fraction of sp³-hybridized carbons (Fsp3) is 0.286. The molecular weight excluding hydrogens is 278 g/mol. The monoisotopic (exact) mass is 291 g/mol. The van der Waals surface area contributed by atoms with Gasteiger partial charge in [-0.3, -0.25) is 10.3 Å². The van der Waals surface area contributed by atoms with Crippen LogP contribution in [0.5, 0.6) is 5.75 Å². The third kappa shape index (κ3) is 2.77. The number of anilines is 1. The Bertz CT molecular complexity index is 680. The van der Waals surface area contributed by atoms with Gasteiger partial charge in [-0.1, -0.05) is 11.6 Å². The third-order valence-corrected chi connectivity index (χ3v) is 2.94. The van der Waals surface area contributed by atoms with Crippen LogP contribution in [0, 0.1) is 11.3 Å². The quantitative estimate of drug-likeness (QED) is 0.689. The van der Waals surface area contributed by atoms with Crippen LogP contribution in [0.3, 0.4) is 0 Å². The fourth-order valence-corrected chi connectivity index (χ4v) is 2.07. The number of hydrogen-bond acceptors (Lipinski definition) is 5. The number of nitriles is 1. The number of fused-ring (bicyclic) bond motifs is 1. The molecule has 0 fully saturated rings. The highest BCUT2D eigenvalue weighted by Gasteiger charge is 2.13. The summed E-state index contributed by atoms with van der Waals surface area (Å²) < 4.78 is 5.64. The van der Waals surface area contributed by atoms with Crippen molar-refractivity contribution in [1.82, 2.24) is 4.98 Å². The van der Waals surface area contributed by atoms with Crippen LogP contribution in [-0.2, 0) is 4.84 Å². The first kappa shape index (κ1) is 14.4. The molecule has 2 aromatic rings. The van der Waals surface area contributed by atoms with Crippen LogP contribution in [0.4, 0.5) is 5.69 Å². The standard InChI is InChI=1S/C14H14ClN3O2/c1-8(2)20-13-5-11-10(4-9(13)6-16)12(18-19-3)7-17-14(11)15/h4-5,7-8,18H,1-3H3. The van der Waals surface area contributed by atoms with E-state index in [-0.39, 0.29) is 6.10 Å². The van der Waals surface area contributed by atoms with Gasteiger partial charge in [-0.2, -0.15) is 5.26 Å². The Morgan fingerprint density at radius 3 is 2.70 bits per heavy atom. The van der Waals surface area contributed by atoms with Crippen LogP contribution in [0.2, 0.25) is 5.15 Å². The van der Waals surface area contributed by atoms with E-state index >= 15 is 0 Å². The van der Waals surface area contributed by atoms with Crippen molar-refractivity contribution in [3.05, 3.63) is 29.0 Å². The molecule has 0 aliphatic heterocycles. The van der Waals surface area contributed by atoms with E-state index in [4.69, 9.17) is 21.2 Å². The minimum atomic E-state index is -0.0356. The summed E-state index contributed by atoms with van der Waals surface area (Å²) in [6.07, 6.45) is 1.52. The molecule has 1 N–H and O–H groups in total. The Morgan fingerprint density at radius 1 is 1.35 bits per heavy atom. The molecule has 0 unspecified atom stereocenters. The van der Waals surface area contributed by atoms with Gasteiger partial charge in [-0.05, 0) is 26.0 Å². The van der Waals surface area contributed by atoms with Crippen LogP contribution < -0.4 is 10.2 Å². The summed E-state index contributed by atoms with van der Waals surface area (Å²) in [6, 6.07) is 5.56. The predicted octanol–water partition coefficient (Wildman–Crippen LogP) is 3.52. The summed E-state index contributed by atoms with van der Waals surface area (Å²) in [4.78, 5) is 8.98. The van der Waals surface area contributed by atoms with Gasteiger partial charge in [0.15, 0.2) is 0 Å². The highest BCUT2D eigenvalue weighted by Crippen LogP contribution is 2.34. The lowest BCUT2D eigenvalue weighted by Gasteiger charge is -2.14. The molecule has 0 amide bonds. The normalized spacial score (nSPS) is 10.6. The summed E-state index contributed by atoms with van der Waals surface area (Å²) in [7, 11) is 1.50. The number of aromatic nitrogens is 1. The second-order valence-corrected chi connectivity index (χ2v) is 4.80. The van der Waals surface area contributed by atoms with Gasteiger partial charge in [0.05, 0.1) is 30.7 Å². The van der Waals surface area contributed by atoms with E-state index in [1.165, 1.54) is 7.11 Å². The van der Waals surface area contributed by atoms with E-state index < -0.39 is 0 Å². The van der Waals surface area contributed by atoms with Crippen LogP contribution in [-0.4, -0.2) is 18.2 Å². The highest BCUT2D eigenvalue weighted by molar-refractivity contribution is 6.34. The van der Waals surface area contributed by atoms with Gasteiger partial charge in [-0.15, -0.1) is 0 Å². The Morgan fingerprint density at radius 2 is 2.10 bits per heavy atom. The predicted molar refractivity (Wildman–Crippen MR) is 77.9 cm³/mol. The van der Waals surface area contributed by atoms with E-state index in [0.717, 1.165) is 5.39 Å². The number of nitrogens with zero attached hydrogens (tertiary/aromatic N) is 2. The average molecular weight is 292 g/mol. The molecule has 1 aromatic heterocycles. The van der Waals surface area contributed by atoms with Crippen molar-refractivity contribution in [2.24, 2.45) is 0 Å². The van der Waals surface area contributed by atoms with Gasteiger partial charge in [-0.25, -0.2) is 4.98 Å². The number of benzene rings is 1. The maximum absolute atomic E-state index is 9.25. The minimum Gasteiger partial charge on any atom is -0.490 e. The molecule has 0 saturated heterocycles. The zero-order chi connectivity index (χ0) is 14.7. The molecule has 20 heavy (non-hydrogen) atoms. The molecule has 0 spiro atoms. The number of pyridine rings is 1. The number of ether oxygens (including phenoxy) is 1. The smallest absolute Gasteiger partial charge is 0.138 e. The fourth-order valence-electron chi connectivity index (χ4n) is 1.86. The topological polar surface area (TPSA) is 67.2 Å². The molecule has 0 bridgehead atoms. The van der Waals surface area contributed by atoms with Crippen molar-refractivity contribution in [1.29, 1.82) is 5.26 Å². The van der Waals surface area contributed by atoms with E-state index in [1.807, 2.05) is 13.8 Å².